The summed E-state index contributed by atoms with van der Waals surface area (Å²) in [6.07, 6.45) is 3.22. The average molecular weight is 503 g/mol. The van der Waals surface area contributed by atoms with Crippen LogP contribution in [-0.2, 0) is 16.1 Å². The minimum absolute atomic E-state index is 0.0232. The average Bonchev–Trinajstić information content (AvgIpc) is 3.11. The lowest BCUT2D eigenvalue weighted by molar-refractivity contribution is -0.140. The molecule has 8 nitrogen and oxygen atoms in total. The molecule has 1 fully saturated rings. The number of hydrogen-bond acceptors (Lipinski definition) is 7. The van der Waals surface area contributed by atoms with Gasteiger partial charge < -0.3 is 24.6 Å². The topological polar surface area (TPSA) is 109 Å². The third-order valence-corrected chi connectivity index (χ3v) is 6.03. The zero-order valence-electron chi connectivity index (χ0n) is 21.3. The number of hydrogen-bond donors (Lipinski definition) is 2. The lowest BCUT2D eigenvalue weighted by Gasteiger charge is -2.26. The van der Waals surface area contributed by atoms with Gasteiger partial charge in [-0.1, -0.05) is 12.1 Å². The largest absolute Gasteiger partial charge is 0.507 e. The predicted octanol–water partition coefficient (Wildman–Crippen LogP) is 4.90. The van der Waals surface area contributed by atoms with Gasteiger partial charge in [-0.3, -0.25) is 14.6 Å². The van der Waals surface area contributed by atoms with Crippen molar-refractivity contribution in [3.63, 3.8) is 0 Å². The Morgan fingerprint density at radius 2 is 1.89 bits per heavy atom. The molecule has 0 spiro atoms. The number of amides is 1. The van der Waals surface area contributed by atoms with Crippen molar-refractivity contribution < 1.29 is 29.3 Å². The number of phenols is 1. The molecule has 2 heterocycles. The molecule has 1 atom stereocenters. The summed E-state index contributed by atoms with van der Waals surface area (Å²) >= 11 is 0. The van der Waals surface area contributed by atoms with Crippen LogP contribution in [0, 0.1) is 6.92 Å². The second-order valence-corrected chi connectivity index (χ2v) is 9.10. The van der Waals surface area contributed by atoms with E-state index in [2.05, 4.69) is 4.98 Å². The number of aliphatic hydroxyl groups excluding tert-OH is 1. The Hall–Kier alpha value is -4.33. The SMILES string of the molecule is CCOc1cc([C@H]2/C(=C(\O)c3ccc(OC(C)C)c(C)c3)C(=O)C(=O)N2Cc2cccnc2)ccc1O. The second kappa shape index (κ2) is 10.7. The normalized spacial score (nSPS) is 16.9. The van der Waals surface area contributed by atoms with Gasteiger partial charge in [-0.15, -0.1) is 0 Å². The molecule has 0 saturated carbocycles. The van der Waals surface area contributed by atoms with E-state index in [-0.39, 0.29) is 35.5 Å². The molecule has 2 aromatic carbocycles. The summed E-state index contributed by atoms with van der Waals surface area (Å²) in [5.41, 5.74) is 2.37. The summed E-state index contributed by atoms with van der Waals surface area (Å²) in [5, 5.41) is 21.6. The number of aromatic nitrogens is 1. The molecule has 37 heavy (non-hydrogen) atoms. The number of rotatable bonds is 8. The van der Waals surface area contributed by atoms with Crippen LogP contribution in [0.25, 0.3) is 5.76 Å². The van der Waals surface area contributed by atoms with Crippen LogP contribution in [0.4, 0.5) is 0 Å². The Bertz CT molecular complexity index is 1350. The first-order chi connectivity index (χ1) is 17.7. The number of phenolic OH excluding ortho intramolecular Hbond substituents is 1. The smallest absolute Gasteiger partial charge is 0.295 e. The van der Waals surface area contributed by atoms with Gasteiger partial charge in [0.15, 0.2) is 11.5 Å². The van der Waals surface area contributed by atoms with E-state index in [1.54, 1.807) is 55.7 Å². The molecule has 1 aliphatic rings. The van der Waals surface area contributed by atoms with Gasteiger partial charge in [-0.25, -0.2) is 0 Å². The highest BCUT2D eigenvalue weighted by atomic mass is 16.5. The fraction of sp³-hybridized carbons (Fsp3) is 0.276. The van der Waals surface area contributed by atoms with E-state index < -0.39 is 17.7 Å². The van der Waals surface area contributed by atoms with Crippen LogP contribution >= 0.6 is 0 Å². The van der Waals surface area contributed by atoms with Gasteiger partial charge in [0, 0.05) is 24.5 Å². The molecule has 1 aliphatic heterocycles. The number of pyridine rings is 1. The van der Waals surface area contributed by atoms with Crippen LogP contribution in [0.1, 0.15) is 49.1 Å². The van der Waals surface area contributed by atoms with Crippen molar-refractivity contribution >= 4 is 17.4 Å². The summed E-state index contributed by atoms with van der Waals surface area (Å²) < 4.78 is 11.3. The van der Waals surface area contributed by atoms with E-state index in [1.165, 1.54) is 11.0 Å². The third-order valence-electron chi connectivity index (χ3n) is 6.03. The molecule has 0 unspecified atom stereocenters. The van der Waals surface area contributed by atoms with Gasteiger partial charge in [0.05, 0.1) is 24.3 Å². The van der Waals surface area contributed by atoms with Crippen molar-refractivity contribution in [1.29, 1.82) is 0 Å². The lowest BCUT2D eigenvalue weighted by atomic mass is 9.94. The van der Waals surface area contributed by atoms with Crippen molar-refractivity contribution in [2.75, 3.05) is 6.61 Å². The van der Waals surface area contributed by atoms with Crippen LogP contribution in [0.5, 0.6) is 17.2 Å². The Kier molecular flexibility index (Phi) is 7.47. The van der Waals surface area contributed by atoms with Crippen molar-refractivity contribution in [3.05, 3.63) is 88.8 Å². The second-order valence-electron chi connectivity index (χ2n) is 9.10. The highest BCUT2D eigenvalue weighted by Crippen LogP contribution is 2.42. The van der Waals surface area contributed by atoms with E-state index in [0.717, 1.165) is 11.1 Å². The van der Waals surface area contributed by atoms with E-state index in [9.17, 15) is 19.8 Å². The molecule has 2 N–H and O–H groups in total. The van der Waals surface area contributed by atoms with Crippen LogP contribution < -0.4 is 9.47 Å². The number of benzene rings is 2. The maximum atomic E-state index is 13.3. The van der Waals surface area contributed by atoms with E-state index >= 15 is 0 Å². The zero-order valence-corrected chi connectivity index (χ0v) is 21.3. The van der Waals surface area contributed by atoms with Crippen LogP contribution in [0.2, 0.25) is 0 Å². The summed E-state index contributed by atoms with van der Waals surface area (Å²) in [5.74, 6) is -0.998. The molecule has 3 aromatic rings. The van der Waals surface area contributed by atoms with Crippen molar-refractivity contribution in [3.8, 4) is 17.2 Å². The highest BCUT2D eigenvalue weighted by Gasteiger charge is 2.46. The number of carbonyl (C=O) groups excluding carboxylic acids is 2. The van der Waals surface area contributed by atoms with Gasteiger partial charge in [0.25, 0.3) is 11.7 Å². The number of carbonyl (C=O) groups is 2. The predicted molar refractivity (Wildman–Crippen MR) is 138 cm³/mol. The lowest BCUT2D eigenvalue weighted by Crippen LogP contribution is -2.29. The number of aliphatic hydroxyl groups is 1. The molecule has 0 radical (unpaired) electrons. The molecule has 0 aliphatic carbocycles. The molecule has 192 valence electrons. The Morgan fingerprint density at radius 1 is 1.11 bits per heavy atom. The Balaban J connectivity index is 1.86. The van der Waals surface area contributed by atoms with Gasteiger partial charge in [-0.2, -0.15) is 0 Å². The van der Waals surface area contributed by atoms with Crippen molar-refractivity contribution in [1.82, 2.24) is 9.88 Å². The summed E-state index contributed by atoms with van der Waals surface area (Å²) in [6, 6.07) is 12.4. The molecule has 8 heteroatoms. The Morgan fingerprint density at radius 3 is 2.54 bits per heavy atom. The number of ketones is 1. The van der Waals surface area contributed by atoms with Gasteiger partial charge in [0.2, 0.25) is 0 Å². The third kappa shape index (κ3) is 5.28. The van der Waals surface area contributed by atoms with Crippen LogP contribution in [-0.4, -0.2) is 44.5 Å². The molecular formula is C29H30N2O6. The van der Waals surface area contributed by atoms with Crippen LogP contribution in [0.15, 0.2) is 66.5 Å². The molecule has 4 rings (SSSR count). The minimum atomic E-state index is -0.910. The van der Waals surface area contributed by atoms with E-state index in [0.29, 0.717) is 23.5 Å². The number of nitrogens with zero attached hydrogens (tertiary/aromatic N) is 2. The van der Waals surface area contributed by atoms with Crippen molar-refractivity contribution in [2.45, 2.75) is 46.4 Å². The van der Waals surface area contributed by atoms with Gasteiger partial charge in [-0.05, 0) is 80.8 Å². The number of aromatic hydroxyl groups is 1. The molecule has 0 bridgehead atoms. The fourth-order valence-corrected chi connectivity index (χ4v) is 4.39. The number of Topliss-reactive ketones (excluding diaryl/α,β-unsaturated/α-hetero) is 1. The number of ether oxygens (including phenoxy) is 2. The van der Waals surface area contributed by atoms with E-state index in [1.807, 2.05) is 26.8 Å². The van der Waals surface area contributed by atoms with E-state index in [4.69, 9.17) is 9.47 Å². The molecule has 1 amide bonds. The molecule has 1 aromatic heterocycles. The zero-order chi connectivity index (χ0) is 26.7. The maximum absolute atomic E-state index is 13.3. The molecule has 1 saturated heterocycles. The summed E-state index contributed by atoms with van der Waals surface area (Å²) in [4.78, 5) is 32.1. The van der Waals surface area contributed by atoms with Gasteiger partial charge in [0.1, 0.15) is 11.5 Å². The molecular weight excluding hydrogens is 472 g/mol. The quantitative estimate of drug-likeness (QED) is 0.256. The minimum Gasteiger partial charge on any atom is -0.507 e. The first kappa shape index (κ1) is 25.8. The Labute approximate surface area is 215 Å². The first-order valence-corrected chi connectivity index (χ1v) is 12.1. The summed E-state index contributed by atoms with van der Waals surface area (Å²) in [7, 11) is 0. The standard InChI is InChI=1S/C29H30N2O6/c1-5-36-24-14-20(8-10-22(24)32)26-25(27(33)21-9-11-23(18(4)13-21)37-17(2)3)28(34)29(35)31(26)16-19-7-6-12-30-15-19/h6-15,17,26,32-33H,5,16H2,1-4H3/b27-25+/t26-/m0/s1. The van der Waals surface area contributed by atoms with Crippen molar-refractivity contribution in [2.24, 2.45) is 0 Å². The number of aryl methyl sites for hydroxylation is 1. The maximum Gasteiger partial charge on any atom is 0.295 e. The van der Waals surface area contributed by atoms with Gasteiger partial charge >= 0.3 is 0 Å². The first-order valence-electron chi connectivity index (χ1n) is 12.1. The fourth-order valence-electron chi connectivity index (χ4n) is 4.39. The number of likely N-dealkylation sites (tertiary alicyclic amines) is 1. The monoisotopic (exact) mass is 502 g/mol. The van der Waals surface area contributed by atoms with Crippen LogP contribution in [0.3, 0.4) is 0 Å². The highest BCUT2D eigenvalue weighted by molar-refractivity contribution is 6.46. The summed E-state index contributed by atoms with van der Waals surface area (Å²) in [6.45, 7) is 7.90.